The first-order valence-electron chi connectivity index (χ1n) is 9.67. The van der Waals surface area contributed by atoms with Gasteiger partial charge in [0.1, 0.15) is 0 Å². The minimum absolute atomic E-state index is 0.0628. The van der Waals surface area contributed by atoms with E-state index in [-0.39, 0.29) is 23.2 Å². The van der Waals surface area contributed by atoms with Crippen molar-refractivity contribution in [2.45, 2.75) is 63.6 Å². The summed E-state index contributed by atoms with van der Waals surface area (Å²) in [5, 5.41) is 9.83. The van der Waals surface area contributed by atoms with E-state index in [0.29, 0.717) is 25.9 Å². The number of aliphatic hydroxyl groups is 1. The van der Waals surface area contributed by atoms with Gasteiger partial charge in [-0.15, -0.1) is 0 Å². The molecule has 3 nitrogen and oxygen atoms in total. The standard InChI is InChI=1S/C21H26F3NO2/c1-13-3-4-16(21(22,23)24)7-17(13)14-5-6-20(10-14)11-25(12-20)18(26)15-8-19(2,27)9-15/h3-4,7,14-15,27H,5-6,8-12H2,1-2H3/t14?,15-,19+. The van der Waals surface area contributed by atoms with Crippen LogP contribution in [0.15, 0.2) is 18.2 Å². The maximum absolute atomic E-state index is 13.1. The van der Waals surface area contributed by atoms with Crippen LogP contribution in [0.1, 0.15) is 61.6 Å². The minimum Gasteiger partial charge on any atom is -0.390 e. The second-order valence-corrected chi connectivity index (χ2v) is 9.31. The highest BCUT2D eigenvalue weighted by atomic mass is 19.4. The Morgan fingerprint density at radius 3 is 2.48 bits per heavy atom. The Balaban J connectivity index is 1.40. The number of hydrogen-bond acceptors (Lipinski definition) is 2. The molecule has 0 bridgehead atoms. The van der Waals surface area contributed by atoms with Gasteiger partial charge in [-0.05, 0) is 75.1 Å². The second-order valence-electron chi connectivity index (χ2n) is 9.31. The van der Waals surface area contributed by atoms with Crippen LogP contribution in [-0.4, -0.2) is 34.6 Å². The number of rotatable bonds is 2. The molecule has 2 aliphatic carbocycles. The lowest BCUT2D eigenvalue weighted by atomic mass is 9.69. The maximum Gasteiger partial charge on any atom is 0.416 e. The van der Waals surface area contributed by atoms with Crippen LogP contribution in [0.25, 0.3) is 0 Å². The number of amides is 1. The lowest BCUT2D eigenvalue weighted by molar-refractivity contribution is -0.161. The summed E-state index contributed by atoms with van der Waals surface area (Å²) in [6.07, 6.45) is -0.575. The number of carbonyl (C=O) groups is 1. The zero-order valence-corrected chi connectivity index (χ0v) is 15.8. The first kappa shape index (κ1) is 18.8. The van der Waals surface area contributed by atoms with E-state index in [0.717, 1.165) is 36.5 Å². The molecule has 1 heterocycles. The second kappa shape index (κ2) is 5.97. The van der Waals surface area contributed by atoms with Crippen molar-refractivity contribution in [3.8, 4) is 0 Å². The average Bonchev–Trinajstić information content (AvgIpc) is 2.95. The largest absolute Gasteiger partial charge is 0.416 e. The van der Waals surface area contributed by atoms with Gasteiger partial charge in [-0.2, -0.15) is 13.2 Å². The van der Waals surface area contributed by atoms with Crippen molar-refractivity contribution in [2.24, 2.45) is 11.3 Å². The fourth-order valence-electron chi connectivity index (χ4n) is 5.37. The summed E-state index contributed by atoms with van der Waals surface area (Å²) in [7, 11) is 0. The van der Waals surface area contributed by atoms with Crippen molar-refractivity contribution in [1.82, 2.24) is 4.90 Å². The Labute approximate surface area is 157 Å². The first-order valence-corrected chi connectivity index (χ1v) is 9.67. The van der Waals surface area contributed by atoms with Crippen molar-refractivity contribution >= 4 is 5.91 Å². The predicted octanol–water partition coefficient (Wildman–Crippen LogP) is 4.27. The summed E-state index contributed by atoms with van der Waals surface area (Å²) >= 11 is 0. The summed E-state index contributed by atoms with van der Waals surface area (Å²) in [6, 6.07) is 4.04. The Morgan fingerprint density at radius 2 is 1.89 bits per heavy atom. The monoisotopic (exact) mass is 381 g/mol. The third-order valence-corrected chi connectivity index (χ3v) is 6.83. The summed E-state index contributed by atoms with van der Waals surface area (Å²) in [5.74, 6) is 0.195. The molecular formula is C21H26F3NO2. The zero-order valence-electron chi connectivity index (χ0n) is 15.8. The molecule has 1 unspecified atom stereocenters. The molecule has 3 aliphatic rings. The van der Waals surface area contributed by atoms with Crippen LogP contribution in [0.4, 0.5) is 13.2 Å². The summed E-state index contributed by atoms with van der Waals surface area (Å²) in [4.78, 5) is 14.4. The first-order chi connectivity index (χ1) is 12.5. The highest BCUT2D eigenvalue weighted by molar-refractivity contribution is 5.81. The SMILES string of the molecule is Cc1ccc(C(F)(F)F)cc1C1CCC2(C1)CN(C(=O)[C@H]1C[C@@](C)(O)C1)C2. The molecule has 1 spiro atoms. The van der Waals surface area contributed by atoms with Gasteiger partial charge in [0.2, 0.25) is 5.91 Å². The minimum atomic E-state index is -4.32. The zero-order chi connectivity index (χ0) is 19.6. The molecule has 148 valence electrons. The van der Waals surface area contributed by atoms with Crippen molar-refractivity contribution in [3.05, 3.63) is 34.9 Å². The molecule has 1 saturated heterocycles. The average molecular weight is 381 g/mol. The Morgan fingerprint density at radius 1 is 1.22 bits per heavy atom. The van der Waals surface area contributed by atoms with Crippen LogP contribution in [0.2, 0.25) is 0 Å². The number of alkyl halides is 3. The topological polar surface area (TPSA) is 40.5 Å². The van der Waals surface area contributed by atoms with E-state index >= 15 is 0 Å². The summed E-state index contributed by atoms with van der Waals surface area (Å²) < 4.78 is 39.2. The van der Waals surface area contributed by atoms with E-state index in [9.17, 15) is 23.1 Å². The van der Waals surface area contributed by atoms with E-state index in [1.807, 2.05) is 11.8 Å². The molecule has 6 heteroatoms. The van der Waals surface area contributed by atoms with Gasteiger partial charge in [0.15, 0.2) is 0 Å². The fraction of sp³-hybridized carbons (Fsp3) is 0.667. The molecule has 2 saturated carbocycles. The van der Waals surface area contributed by atoms with E-state index in [4.69, 9.17) is 0 Å². The van der Waals surface area contributed by atoms with E-state index < -0.39 is 17.3 Å². The number of hydrogen-bond donors (Lipinski definition) is 1. The molecule has 1 atom stereocenters. The van der Waals surface area contributed by atoms with Crippen LogP contribution < -0.4 is 0 Å². The molecule has 4 rings (SSSR count). The van der Waals surface area contributed by atoms with Gasteiger partial charge in [-0.1, -0.05) is 6.07 Å². The normalized spacial score (nSPS) is 32.3. The van der Waals surface area contributed by atoms with Gasteiger partial charge in [0, 0.05) is 24.4 Å². The number of benzene rings is 1. The molecule has 1 aromatic carbocycles. The maximum atomic E-state index is 13.1. The molecule has 1 amide bonds. The molecular weight excluding hydrogens is 355 g/mol. The quantitative estimate of drug-likeness (QED) is 0.831. The lowest BCUT2D eigenvalue weighted by Crippen LogP contribution is -2.61. The lowest BCUT2D eigenvalue weighted by Gasteiger charge is -2.52. The number of nitrogens with zero attached hydrogens (tertiary/aromatic N) is 1. The van der Waals surface area contributed by atoms with Crippen molar-refractivity contribution in [1.29, 1.82) is 0 Å². The van der Waals surface area contributed by atoms with Gasteiger partial charge < -0.3 is 10.0 Å². The molecule has 1 aliphatic heterocycles. The summed E-state index contributed by atoms with van der Waals surface area (Å²) in [6.45, 7) is 5.05. The molecule has 27 heavy (non-hydrogen) atoms. The van der Waals surface area contributed by atoms with Crippen molar-refractivity contribution in [3.63, 3.8) is 0 Å². The van der Waals surface area contributed by atoms with E-state index in [2.05, 4.69) is 0 Å². The molecule has 0 radical (unpaired) electrons. The van der Waals surface area contributed by atoms with Crippen LogP contribution in [-0.2, 0) is 11.0 Å². The van der Waals surface area contributed by atoms with Crippen LogP contribution in [0.5, 0.6) is 0 Å². The van der Waals surface area contributed by atoms with Gasteiger partial charge >= 0.3 is 6.18 Å². The molecule has 1 aromatic rings. The molecule has 1 N–H and O–H groups in total. The number of aryl methyl sites for hydroxylation is 1. The third-order valence-electron chi connectivity index (χ3n) is 6.83. The highest BCUT2D eigenvalue weighted by Gasteiger charge is 2.53. The van der Waals surface area contributed by atoms with Crippen LogP contribution in [0.3, 0.4) is 0 Å². The number of likely N-dealkylation sites (tertiary alicyclic amines) is 1. The predicted molar refractivity (Wildman–Crippen MR) is 95.1 cm³/mol. The van der Waals surface area contributed by atoms with Crippen molar-refractivity contribution < 1.29 is 23.1 Å². The van der Waals surface area contributed by atoms with E-state index in [1.54, 1.807) is 13.0 Å². The number of carbonyl (C=O) groups excluding carboxylic acids is 1. The number of halogens is 3. The molecule has 3 fully saturated rings. The van der Waals surface area contributed by atoms with Gasteiger partial charge in [-0.3, -0.25) is 4.79 Å². The third kappa shape index (κ3) is 3.37. The van der Waals surface area contributed by atoms with Crippen LogP contribution in [0, 0.1) is 18.3 Å². The summed E-state index contributed by atoms with van der Waals surface area (Å²) in [5.41, 5.74) is 0.498. The Kier molecular flexibility index (Phi) is 4.15. The van der Waals surface area contributed by atoms with E-state index in [1.165, 1.54) is 6.07 Å². The Hall–Kier alpha value is -1.56. The van der Waals surface area contributed by atoms with Gasteiger partial charge in [-0.25, -0.2) is 0 Å². The molecule has 0 aromatic heterocycles. The van der Waals surface area contributed by atoms with Gasteiger partial charge in [0.25, 0.3) is 0 Å². The fourth-order valence-corrected chi connectivity index (χ4v) is 5.37. The smallest absolute Gasteiger partial charge is 0.390 e. The Bertz CT molecular complexity index is 757. The highest BCUT2D eigenvalue weighted by Crippen LogP contribution is 2.53. The van der Waals surface area contributed by atoms with Crippen molar-refractivity contribution in [2.75, 3.05) is 13.1 Å². The van der Waals surface area contributed by atoms with Gasteiger partial charge in [0.05, 0.1) is 11.2 Å². The van der Waals surface area contributed by atoms with Crippen LogP contribution >= 0.6 is 0 Å².